The van der Waals surface area contributed by atoms with Crippen LogP contribution in [0.4, 0.5) is 0 Å². The van der Waals surface area contributed by atoms with Crippen molar-refractivity contribution in [1.29, 1.82) is 0 Å². The van der Waals surface area contributed by atoms with E-state index >= 15 is 0 Å². The zero-order valence-corrected chi connectivity index (χ0v) is 13.7. The summed E-state index contributed by atoms with van der Waals surface area (Å²) in [5.74, 6) is 1.82. The van der Waals surface area contributed by atoms with Crippen molar-refractivity contribution < 1.29 is 9.15 Å². The summed E-state index contributed by atoms with van der Waals surface area (Å²) < 4.78 is 12.2. The normalized spacial score (nSPS) is 12.4. The quantitative estimate of drug-likeness (QED) is 0.845. The number of hydrogen-bond donors (Lipinski definition) is 1. The predicted octanol–water partition coefficient (Wildman–Crippen LogP) is 4.45. The Hall–Kier alpha value is -1.26. The number of ether oxygens (including phenoxy) is 1. The molecule has 1 atom stereocenters. The molecule has 0 aliphatic heterocycles. The average molecular weight is 338 g/mol. The van der Waals surface area contributed by atoms with Crippen LogP contribution < -0.4 is 10.1 Å². The van der Waals surface area contributed by atoms with Gasteiger partial charge in [-0.05, 0) is 65.6 Å². The van der Waals surface area contributed by atoms with E-state index in [0.29, 0.717) is 6.61 Å². The van der Waals surface area contributed by atoms with E-state index in [1.165, 1.54) is 0 Å². The minimum Gasteiger partial charge on any atom is -0.493 e. The highest BCUT2D eigenvalue weighted by molar-refractivity contribution is 9.10. The van der Waals surface area contributed by atoms with Gasteiger partial charge in [-0.1, -0.05) is 13.0 Å². The second-order valence-electron chi connectivity index (χ2n) is 4.58. The molecule has 1 aromatic heterocycles. The summed E-state index contributed by atoms with van der Waals surface area (Å²) in [6, 6.07) is 8.20. The van der Waals surface area contributed by atoms with Crippen LogP contribution in [0.25, 0.3) is 0 Å². The second-order valence-corrected chi connectivity index (χ2v) is 5.44. The van der Waals surface area contributed by atoms with E-state index in [9.17, 15) is 0 Å². The summed E-state index contributed by atoms with van der Waals surface area (Å²) in [6.45, 7) is 7.66. The molecule has 0 amide bonds. The highest BCUT2D eigenvalue weighted by Gasteiger charge is 2.19. The Morgan fingerprint density at radius 3 is 2.65 bits per heavy atom. The molecule has 0 saturated heterocycles. The predicted molar refractivity (Wildman–Crippen MR) is 84.3 cm³/mol. The highest BCUT2D eigenvalue weighted by atomic mass is 79.9. The summed E-state index contributed by atoms with van der Waals surface area (Å²) in [7, 11) is 0. The van der Waals surface area contributed by atoms with Gasteiger partial charge in [0.25, 0.3) is 0 Å². The van der Waals surface area contributed by atoms with Gasteiger partial charge in [-0.15, -0.1) is 0 Å². The molecule has 2 rings (SSSR count). The number of furan rings is 1. The number of halogens is 1. The van der Waals surface area contributed by atoms with Gasteiger partial charge in [-0.2, -0.15) is 0 Å². The molecule has 1 N–H and O–H groups in total. The lowest BCUT2D eigenvalue weighted by atomic mass is 10.0. The van der Waals surface area contributed by atoms with Crippen molar-refractivity contribution in [2.45, 2.75) is 26.8 Å². The molecule has 0 saturated carbocycles. The number of rotatable bonds is 6. The van der Waals surface area contributed by atoms with Crippen molar-refractivity contribution in [2.24, 2.45) is 0 Å². The topological polar surface area (TPSA) is 34.4 Å². The van der Waals surface area contributed by atoms with Gasteiger partial charge in [-0.25, -0.2) is 0 Å². The van der Waals surface area contributed by atoms with Gasteiger partial charge in [0, 0.05) is 0 Å². The molecule has 0 aliphatic rings. The minimum absolute atomic E-state index is 0.0574. The Balaban J connectivity index is 2.35. The Kier molecular flexibility index (Phi) is 5.26. The van der Waals surface area contributed by atoms with Crippen LogP contribution in [0.15, 0.2) is 39.4 Å². The average Bonchev–Trinajstić information content (AvgIpc) is 2.85. The van der Waals surface area contributed by atoms with Crippen molar-refractivity contribution >= 4 is 15.9 Å². The SMILES string of the molecule is CCNC(c1ccc(OCC)c(Br)c1)c1occc1C. The largest absolute Gasteiger partial charge is 0.493 e. The van der Waals surface area contributed by atoms with Gasteiger partial charge in [-0.3, -0.25) is 0 Å². The Labute approximate surface area is 128 Å². The summed E-state index contributed by atoms with van der Waals surface area (Å²) in [5.41, 5.74) is 2.31. The van der Waals surface area contributed by atoms with E-state index in [0.717, 1.165) is 33.7 Å². The molecule has 1 aromatic carbocycles. The fraction of sp³-hybridized carbons (Fsp3) is 0.375. The molecule has 0 aliphatic carbocycles. The van der Waals surface area contributed by atoms with Gasteiger partial charge in [0.1, 0.15) is 11.5 Å². The van der Waals surface area contributed by atoms with E-state index in [2.05, 4.69) is 47.2 Å². The van der Waals surface area contributed by atoms with Crippen LogP contribution in [-0.2, 0) is 0 Å². The molecule has 4 heteroatoms. The summed E-state index contributed by atoms with van der Waals surface area (Å²) in [4.78, 5) is 0. The maximum atomic E-state index is 5.64. The number of hydrogen-bond acceptors (Lipinski definition) is 3. The van der Waals surface area contributed by atoms with E-state index in [1.807, 2.05) is 19.1 Å². The Bertz CT molecular complexity index is 565. The van der Waals surface area contributed by atoms with Crippen molar-refractivity contribution in [3.8, 4) is 5.75 Å². The van der Waals surface area contributed by atoms with Crippen LogP contribution in [0.1, 0.15) is 36.8 Å². The first kappa shape index (κ1) is 15.1. The van der Waals surface area contributed by atoms with Crippen LogP contribution in [0.3, 0.4) is 0 Å². The van der Waals surface area contributed by atoms with E-state index in [4.69, 9.17) is 9.15 Å². The summed E-state index contributed by atoms with van der Waals surface area (Å²) in [6.07, 6.45) is 1.73. The van der Waals surface area contributed by atoms with Gasteiger partial charge < -0.3 is 14.5 Å². The van der Waals surface area contributed by atoms with E-state index < -0.39 is 0 Å². The van der Waals surface area contributed by atoms with Crippen molar-refractivity contribution in [1.82, 2.24) is 5.32 Å². The molecule has 2 aromatic rings. The fourth-order valence-corrected chi connectivity index (χ4v) is 2.73. The van der Waals surface area contributed by atoms with Gasteiger partial charge in [0.2, 0.25) is 0 Å². The molecule has 20 heavy (non-hydrogen) atoms. The second kappa shape index (κ2) is 6.95. The van der Waals surface area contributed by atoms with Crippen LogP contribution in [0.2, 0.25) is 0 Å². The fourth-order valence-electron chi connectivity index (χ4n) is 2.22. The smallest absolute Gasteiger partial charge is 0.133 e. The highest BCUT2D eigenvalue weighted by Crippen LogP contribution is 2.32. The van der Waals surface area contributed by atoms with E-state index in [1.54, 1.807) is 6.26 Å². The van der Waals surface area contributed by atoms with E-state index in [-0.39, 0.29) is 6.04 Å². The van der Waals surface area contributed by atoms with Crippen molar-refractivity contribution in [3.63, 3.8) is 0 Å². The number of aryl methyl sites for hydroxylation is 1. The van der Waals surface area contributed by atoms with Gasteiger partial charge in [0.15, 0.2) is 0 Å². The molecule has 0 fully saturated rings. The summed E-state index contributed by atoms with van der Waals surface area (Å²) in [5, 5.41) is 3.47. The molecule has 1 heterocycles. The number of benzene rings is 1. The molecular formula is C16H20BrNO2. The maximum Gasteiger partial charge on any atom is 0.133 e. The first-order chi connectivity index (χ1) is 9.67. The van der Waals surface area contributed by atoms with Crippen LogP contribution >= 0.6 is 15.9 Å². The lowest BCUT2D eigenvalue weighted by Gasteiger charge is -2.18. The molecule has 1 unspecified atom stereocenters. The Morgan fingerprint density at radius 2 is 2.10 bits per heavy atom. The van der Waals surface area contributed by atoms with Crippen LogP contribution in [0, 0.1) is 6.92 Å². The molecule has 108 valence electrons. The van der Waals surface area contributed by atoms with Crippen LogP contribution in [-0.4, -0.2) is 13.2 Å². The van der Waals surface area contributed by atoms with Gasteiger partial charge in [0.05, 0.1) is 23.4 Å². The lowest BCUT2D eigenvalue weighted by Crippen LogP contribution is -2.22. The third-order valence-corrected chi connectivity index (χ3v) is 3.78. The first-order valence-corrected chi connectivity index (χ1v) is 7.66. The standard InChI is InChI=1S/C16H20BrNO2/c1-4-18-15(16-11(3)8-9-20-16)12-6-7-14(19-5-2)13(17)10-12/h6-10,15,18H,4-5H2,1-3H3. The molecule has 3 nitrogen and oxygen atoms in total. The van der Waals surface area contributed by atoms with Crippen molar-refractivity contribution in [2.75, 3.05) is 13.2 Å². The summed E-state index contributed by atoms with van der Waals surface area (Å²) >= 11 is 3.57. The molecular weight excluding hydrogens is 318 g/mol. The number of nitrogens with one attached hydrogen (secondary N) is 1. The van der Waals surface area contributed by atoms with Crippen LogP contribution in [0.5, 0.6) is 5.75 Å². The van der Waals surface area contributed by atoms with Crippen molar-refractivity contribution in [3.05, 3.63) is 51.9 Å². The monoisotopic (exact) mass is 337 g/mol. The molecule has 0 bridgehead atoms. The zero-order valence-electron chi connectivity index (χ0n) is 12.1. The first-order valence-electron chi connectivity index (χ1n) is 6.87. The molecule has 0 radical (unpaired) electrons. The maximum absolute atomic E-state index is 5.64. The Morgan fingerprint density at radius 1 is 1.30 bits per heavy atom. The molecule has 0 spiro atoms. The third kappa shape index (κ3) is 3.25. The van der Waals surface area contributed by atoms with Gasteiger partial charge >= 0.3 is 0 Å². The lowest BCUT2D eigenvalue weighted by molar-refractivity contribution is 0.338. The zero-order chi connectivity index (χ0) is 14.5. The minimum atomic E-state index is 0.0574. The third-order valence-electron chi connectivity index (χ3n) is 3.16.